The number of carbonyl (C=O) groups is 3. The molecule has 0 aliphatic carbocycles. The van der Waals surface area contributed by atoms with Gasteiger partial charge < -0.3 is 20.8 Å². The van der Waals surface area contributed by atoms with Crippen LogP contribution < -0.4 is 10.6 Å². The zero-order valence-corrected chi connectivity index (χ0v) is 12.4. The molecule has 1 atom stereocenters. The fourth-order valence-electron chi connectivity index (χ4n) is 1.51. The molecular weight excluding hydrogens is 284 g/mol. The van der Waals surface area contributed by atoms with Crippen LogP contribution in [0.25, 0.3) is 0 Å². The van der Waals surface area contributed by atoms with E-state index in [0.717, 1.165) is 31.4 Å². The van der Waals surface area contributed by atoms with E-state index in [4.69, 9.17) is 10.2 Å². The molecule has 116 valence electrons. The predicted molar refractivity (Wildman–Crippen MR) is 77.1 cm³/mol. The van der Waals surface area contributed by atoms with Crippen molar-refractivity contribution in [2.75, 3.05) is 18.6 Å². The molecule has 0 aliphatic heterocycles. The van der Waals surface area contributed by atoms with Gasteiger partial charge in [0.15, 0.2) is 0 Å². The Labute approximate surface area is 122 Å². The van der Waals surface area contributed by atoms with Crippen LogP contribution in [0.4, 0.5) is 4.79 Å². The lowest BCUT2D eigenvalue weighted by atomic mass is 10.2. The van der Waals surface area contributed by atoms with Crippen LogP contribution in [-0.4, -0.2) is 52.8 Å². The molecule has 2 amide bonds. The average Bonchev–Trinajstić information content (AvgIpc) is 2.36. The van der Waals surface area contributed by atoms with Crippen LogP contribution in [0.1, 0.15) is 32.1 Å². The lowest BCUT2D eigenvalue weighted by Crippen LogP contribution is -2.47. The first-order valence-electron chi connectivity index (χ1n) is 6.45. The summed E-state index contributed by atoms with van der Waals surface area (Å²) in [6.45, 7) is 0.449. The smallest absolute Gasteiger partial charge is 0.326 e. The number of carboxylic acids is 2. The maximum atomic E-state index is 11.4. The highest BCUT2D eigenvalue weighted by Crippen LogP contribution is 2.03. The molecule has 0 rings (SSSR count). The molecule has 0 spiro atoms. The Morgan fingerprint density at radius 1 is 1.10 bits per heavy atom. The second-order valence-electron chi connectivity index (χ2n) is 4.30. The van der Waals surface area contributed by atoms with E-state index in [-0.39, 0.29) is 0 Å². The number of hydrogen-bond acceptors (Lipinski definition) is 4. The van der Waals surface area contributed by atoms with Crippen molar-refractivity contribution in [2.24, 2.45) is 0 Å². The number of rotatable bonds is 11. The summed E-state index contributed by atoms with van der Waals surface area (Å²) in [7, 11) is 0. The molecule has 0 fully saturated rings. The van der Waals surface area contributed by atoms with Crippen molar-refractivity contribution in [1.82, 2.24) is 10.6 Å². The molecule has 0 radical (unpaired) electrons. The third kappa shape index (κ3) is 10.5. The Morgan fingerprint density at radius 2 is 1.75 bits per heavy atom. The number of nitrogens with one attached hydrogen (secondary N) is 2. The van der Waals surface area contributed by atoms with Crippen molar-refractivity contribution in [3.63, 3.8) is 0 Å². The summed E-state index contributed by atoms with van der Waals surface area (Å²) in [6, 6.07) is -2.06. The van der Waals surface area contributed by atoms with Gasteiger partial charge in [-0.2, -0.15) is 11.8 Å². The lowest BCUT2D eigenvalue weighted by molar-refractivity contribution is -0.145. The second-order valence-corrected chi connectivity index (χ2v) is 5.28. The van der Waals surface area contributed by atoms with Crippen LogP contribution in [0.2, 0.25) is 0 Å². The van der Waals surface area contributed by atoms with E-state index in [1.807, 2.05) is 0 Å². The molecule has 20 heavy (non-hydrogen) atoms. The van der Waals surface area contributed by atoms with Crippen LogP contribution >= 0.6 is 11.8 Å². The molecule has 0 aromatic heterocycles. The summed E-state index contributed by atoms with van der Waals surface area (Å²) in [5, 5.41) is 21.9. The second kappa shape index (κ2) is 11.4. The standard InChI is InChI=1S/C12H22N2O5S/c1-20-7-5-3-2-4-6-13-12(19)14-9(11(17)18)8-10(15)16/h9H,2-8H2,1H3,(H,15,16)(H,17,18)(H2,13,14,19)/t9-/m0/s1. The Balaban J connectivity index is 3.75. The number of aliphatic carboxylic acids is 2. The lowest BCUT2D eigenvalue weighted by Gasteiger charge is -2.13. The largest absolute Gasteiger partial charge is 0.481 e. The first kappa shape index (κ1) is 18.6. The van der Waals surface area contributed by atoms with Gasteiger partial charge in [-0.05, 0) is 24.9 Å². The van der Waals surface area contributed by atoms with Gasteiger partial charge in [0, 0.05) is 6.54 Å². The minimum absolute atomic E-state index is 0.449. The highest BCUT2D eigenvalue weighted by Gasteiger charge is 2.22. The number of amides is 2. The summed E-state index contributed by atoms with van der Waals surface area (Å²) in [5.41, 5.74) is 0. The minimum Gasteiger partial charge on any atom is -0.481 e. The molecule has 0 saturated heterocycles. The van der Waals surface area contributed by atoms with Gasteiger partial charge in [-0.25, -0.2) is 9.59 Å². The van der Waals surface area contributed by atoms with Crippen molar-refractivity contribution in [2.45, 2.75) is 38.1 Å². The van der Waals surface area contributed by atoms with Crippen molar-refractivity contribution in [1.29, 1.82) is 0 Å². The number of urea groups is 1. The predicted octanol–water partition coefficient (Wildman–Crippen LogP) is 1.14. The third-order valence-corrected chi connectivity index (χ3v) is 3.24. The third-order valence-electron chi connectivity index (χ3n) is 2.54. The maximum absolute atomic E-state index is 11.4. The quantitative estimate of drug-likeness (QED) is 0.425. The van der Waals surface area contributed by atoms with Crippen LogP contribution in [-0.2, 0) is 9.59 Å². The SMILES string of the molecule is CSCCCCCCNC(=O)N[C@@H](CC(=O)O)C(=O)O. The Hall–Kier alpha value is -1.44. The van der Waals surface area contributed by atoms with Crippen molar-refractivity contribution >= 4 is 29.7 Å². The van der Waals surface area contributed by atoms with Gasteiger partial charge in [0.05, 0.1) is 6.42 Å². The molecule has 0 heterocycles. The summed E-state index contributed by atoms with van der Waals surface area (Å²) in [5.74, 6) is -1.50. The van der Waals surface area contributed by atoms with Crippen molar-refractivity contribution in [3.8, 4) is 0 Å². The van der Waals surface area contributed by atoms with E-state index < -0.39 is 30.4 Å². The first-order chi connectivity index (χ1) is 9.47. The fraction of sp³-hybridized carbons (Fsp3) is 0.750. The van der Waals surface area contributed by atoms with E-state index in [9.17, 15) is 14.4 Å². The van der Waals surface area contributed by atoms with Gasteiger partial charge in [-0.15, -0.1) is 0 Å². The van der Waals surface area contributed by atoms with Gasteiger partial charge >= 0.3 is 18.0 Å². The van der Waals surface area contributed by atoms with Crippen LogP contribution in [0, 0.1) is 0 Å². The Kier molecular flexibility index (Phi) is 10.6. The summed E-state index contributed by atoms with van der Waals surface area (Å²) in [4.78, 5) is 32.6. The van der Waals surface area contributed by atoms with E-state index in [1.54, 1.807) is 11.8 Å². The zero-order valence-electron chi connectivity index (χ0n) is 11.6. The number of carbonyl (C=O) groups excluding carboxylic acids is 1. The molecule has 0 aliphatic rings. The molecule has 8 heteroatoms. The zero-order chi connectivity index (χ0) is 15.4. The number of unbranched alkanes of at least 4 members (excludes halogenated alkanes) is 3. The number of thioether (sulfide) groups is 1. The van der Waals surface area contributed by atoms with Crippen molar-refractivity contribution < 1.29 is 24.6 Å². The summed E-state index contributed by atoms with van der Waals surface area (Å²) < 4.78 is 0. The van der Waals surface area contributed by atoms with E-state index in [0.29, 0.717) is 6.54 Å². The molecule has 0 saturated carbocycles. The Morgan fingerprint density at radius 3 is 2.30 bits per heavy atom. The van der Waals surface area contributed by atoms with Gasteiger partial charge in [-0.1, -0.05) is 12.8 Å². The molecule has 0 bridgehead atoms. The van der Waals surface area contributed by atoms with Crippen LogP contribution in [0.3, 0.4) is 0 Å². The maximum Gasteiger partial charge on any atom is 0.326 e. The normalized spacial score (nSPS) is 11.7. The topological polar surface area (TPSA) is 116 Å². The number of carboxylic acid groups (broad SMARTS) is 2. The van der Waals surface area contributed by atoms with Gasteiger partial charge in [0.2, 0.25) is 0 Å². The molecule has 0 unspecified atom stereocenters. The van der Waals surface area contributed by atoms with Crippen molar-refractivity contribution in [3.05, 3.63) is 0 Å². The average molecular weight is 306 g/mol. The molecule has 7 nitrogen and oxygen atoms in total. The van der Waals surface area contributed by atoms with Crippen LogP contribution in [0.15, 0.2) is 0 Å². The van der Waals surface area contributed by atoms with Crippen LogP contribution in [0.5, 0.6) is 0 Å². The van der Waals surface area contributed by atoms with Gasteiger partial charge in [0.1, 0.15) is 6.04 Å². The molecular formula is C12H22N2O5S. The van der Waals surface area contributed by atoms with E-state index in [2.05, 4.69) is 16.9 Å². The summed E-state index contributed by atoms with van der Waals surface area (Å²) >= 11 is 1.80. The van der Waals surface area contributed by atoms with Gasteiger partial charge in [-0.3, -0.25) is 4.79 Å². The van der Waals surface area contributed by atoms with E-state index in [1.165, 1.54) is 0 Å². The Bertz CT molecular complexity index is 325. The summed E-state index contributed by atoms with van der Waals surface area (Å²) in [6.07, 6.45) is 5.48. The monoisotopic (exact) mass is 306 g/mol. The molecule has 0 aromatic carbocycles. The van der Waals surface area contributed by atoms with E-state index >= 15 is 0 Å². The highest BCUT2D eigenvalue weighted by molar-refractivity contribution is 7.98. The number of hydrogen-bond donors (Lipinski definition) is 4. The molecule has 4 N–H and O–H groups in total. The highest BCUT2D eigenvalue weighted by atomic mass is 32.2. The first-order valence-corrected chi connectivity index (χ1v) is 7.84. The van der Waals surface area contributed by atoms with Gasteiger partial charge in [0.25, 0.3) is 0 Å². The fourth-order valence-corrected chi connectivity index (χ4v) is 2.00. The minimum atomic E-state index is -1.41. The molecule has 0 aromatic rings.